The molecule has 0 aliphatic rings. The molecule has 0 bridgehead atoms. The summed E-state index contributed by atoms with van der Waals surface area (Å²) in [6.45, 7) is 13.2. The molecule has 0 saturated carbocycles. The molecule has 102 valence electrons. The molecule has 2 nitrogen and oxygen atoms in total. The second-order valence-corrected chi connectivity index (χ2v) is 6.45. The summed E-state index contributed by atoms with van der Waals surface area (Å²) < 4.78 is 0. The van der Waals surface area contributed by atoms with Crippen molar-refractivity contribution in [2.24, 2.45) is 5.41 Å². The topological polar surface area (TPSA) is 23.5 Å². The molecule has 1 aromatic carbocycles. The van der Waals surface area contributed by atoms with E-state index in [-0.39, 0.29) is 11.5 Å². The molecule has 2 atom stereocenters. The molecule has 0 spiro atoms. The van der Waals surface area contributed by atoms with Crippen molar-refractivity contribution in [3.05, 3.63) is 29.3 Å². The smallest absolute Gasteiger partial charge is 0.120 e. The minimum absolute atomic E-state index is 0.208. The van der Waals surface area contributed by atoms with E-state index < -0.39 is 0 Å². The number of rotatable bonds is 3. The van der Waals surface area contributed by atoms with Gasteiger partial charge in [-0.3, -0.25) is 4.90 Å². The molecule has 2 unspecified atom stereocenters. The van der Waals surface area contributed by atoms with Crippen molar-refractivity contribution in [1.82, 2.24) is 4.90 Å². The van der Waals surface area contributed by atoms with Gasteiger partial charge in [-0.2, -0.15) is 0 Å². The van der Waals surface area contributed by atoms with Crippen molar-refractivity contribution in [2.75, 3.05) is 7.05 Å². The van der Waals surface area contributed by atoms with Crippen molar-refractivity contribution >= 4 is 0 Å². The Balaban J connectivity index is 2.99. The lowest BCUT2D eigenvalue weighted by Crippen LogP contribution is -2.40. The molecule has 1 aromatic rings. The van der Waals surface area contributed by atoms with E-state index in [1.165, 1.54) is 5.56 Å². The second-order valence-electron chi connectivity index (χ2n) is 6.45. The Morgan fingerprint density at radius 2 is 1.72 bits per heavy atom. The lowest BCUT2D eigenvalue weighted by atomic mass is 9.86. The zero-order chi connectivity index (χ0) is 14.1. The standard InChI is InChI=1S/C16H27NO/c1-11-8-9-15(18)14(10-11)12(2)17(7)13(3)16(4,5)6/h8-10,12-13,18H,1-7H3. The minimum atomic E-state index is 0.208. The SMILES string of the molecule is Cc1ccc(O)c(C(C)N(C)C(C)C(C)(C)C)c1. The highest BCUT2D eigenvalue weighted by molar-refractivity contribution is 5.37. The molecule has 0 heterocycles. The highest BCUT2D eigenvalue weighted by Crippen LogP contribution is 2.33. The summed E-state index contributed by atoms with van der Waals surface area (Å²) in [6.07, 6.45) is 0. The number of aryl methyl sites for hydroxylation is 1. The summed E-state index contributed by atoms with van der Waals surface area (Å²) in [5.41, 5.74) is 2.42. The molecule has 0 radical (unpaired) electrons. The Hall–Kier alpha value is -1.02. The Morgan fingerprint density at radius 1 is 1.17 bits per heavy atom. The fourth-order valence-corrected chi connectivity index (χ4v) is 2.17. The fourth-order valence-electron chi connectivity index (χ4n) is 2.17. The van der Waals surface area contributed by atoms with E-state index in [0.717, 1.165) is 5.56 Å². The normalized spacial score (nSPS) is 15.8. The number of nitrogens with zero attached hydrogens (tertiary/aromatic N) is 1. The van der Waals surface area contributed by atoms with E-state index in [1.54, 1.807) is 6.07 Å². The molecular weight excluding hydrogens is 222 g/mol. The first kappa shape index (κ1) is 15.0. The van der Waals surface area contributed by atoms with Crippen molar-refractivity contribution in [2.45, 2.75) is 53.6 Å². The van der Waals surface area contributed by atoms with E-state index in [9.17, 15) is 5.11 Å². The summed E-state index contributed by atoms with van der Waals surface area (Å²) in [5.74, 6) is 0.390. The predicted octanol–water partition coefficient (Wildman–Crippen LogP) is 4.13. The third kappa shape index (κ3) is 3.26. The number of phenolic OH excluding ortho intramolecular Hbond substituents is 1. The van der Waals surface area contributed by atoms with Crippen LogP contribution < -0.4 is 0 Å². The molecule has 0 aromatic heterocycles. The zero-order valence-electron chi connectivity index (χ0n) is 12.8. The van der Waals surface area contributed by atoms with Crippen molar-refractivity contribution in [3.63, 3.8) is 0 Å². The summed E-state index contributed by atoms with van der Waals surface area (Å²) in [5, 5.41) is 10.0. The van der Waals surface area contributed by atoms with Crippen LogP contribution in [0.1, 0.15) is 51.8 Å². The molecule has 0 fully saturated rings. The predicted molar refractivity (Wildman–Crippen MR) is 77.9 cm³/mol. The van der Waals surface area contributed by atoms with Crippen molar-refractivity contribution in [1.29, 1.82) is 0 Å². The van der Waals surface area contributed by atoms with Gasteiger partial charge >= 0.3 is 0 Å². The van der Waals surface area contributed by atoms with Gasteiger partial charge in [-0.25, -0.2) is 0 Å². The third-order valence-electron chi connectivity index (χ3n) is 4.11. The van der Waals surface area contributed by atoms with E-state index in [4.69, 9.17) is 0 Å². The quantitative estimate of drug-likeness (QED) is 0.870. The molecule has 0 saturated heterocycles. The van der Waals surface area contributed by atoms with Gasteiger partial charge in [-0.1, -0.05) is 38.5 Å². The number of aromatic hydroxyl groups is 1. The molecule has 0 aliphatic heterocycles. The van der Waals surface area contributed by atoms with Crippen molar-refractivity contribution < 1.29 is 5.11 Å². The highest BCUT2D eigenvalue weighted by Gasteiger charge is 2.28. The average Bonchev–Trinajstić information content (AvgIpc) is 2.28. The third-order valence-corrected chi connectivity index (χ3v) is 4.11. The average molecular weight is 249 g/mol. The van der Waals surface area contributed by atoms with Gasteiger partial charge in [0.25, 0.3) is 0 Å². The fraction of sp³-hybridized carbons (Fsp3) is 0.625. The molecule has 0 amide bonds. The zero-order valence-corrected chi connectivity index (χ0v) is 12.8. The van der Waals surface area contributed by atoms with Crippen LogP contribution in [0, 0.1) is 12.3 Å². The largest absolute Gasteiger partial charge is 0.508 e. The Bertz CT molecular complexity index is 406. The molecular formula is C16H27NO. The van der Waals surface area contributed by atoms with E-state index >= 15 is 0 Å². The number of hydrogen-bond donors (Lipinski definition) is 1. The number of hydrogen-bond acceptors (Lipinski definition) is 2. The van der Waals surface area contributed by atoms with Gasteiger partial charge in [0.05, 0.1) is 0 Å². The second kappa shape index (κ2) is 5.31. The van der Waals surface area contributed by atoms with Gasteiger partial charge in [0, 0.05) is 17.6 Å². The Labute approximate surface area is 112 Å². The van der Waals surface area contributed by atoms with E-state index in [0.29, 0.717) is 11.8 Å². The van der Waals surface area contributed by atoms with Crippen LogP contribution in [0.25, 0.3) is 0 Å². The van der Waals surface area contributed by atoms with Gasteiger partial charge in [-0.05, 0) is 39.3 Å². The van der Waals surface area contributed by atoms with Crippen LogP contribution in [0.2, 0.25) is 0 Å². The number of benzene rings is 1. The van der Waals surface area contributed by atoms with Crippen LogP contribution in [0.3, 0.4) is 0 Å². The van der Waals surface area contributed by atoms with Crippen molar-refractivity contribution in [3.8, 4) is 5.75 Å². The van der Waals surface area contributed by atoms with E-state index in [1.807, 2.05) is 6.07 Å². The monoisotopic (exact) mass is 249 g/mol. The first-order valence-electron chi connectivity index (χ1n) is 6.66. The van der Waals surface area contributed by atoms with Gasteiger partial charge in [0.1, 0.15) is 5.75 Å². The molecule has 18 heavy (non-hydrogen) atoms. The highest BCUT2D eigenvalue weighted by atomic mass is 16.3. The molecule has 1 N–H and O–H groups in total. The van der Waals surface area contributed by atoms with Crippen LogP contribution in [0.15, 0.2) is 18.2 Å². The van der Waals surface area contributed by atoms with Gasteiger partial charge in [-0.15, -0.1) is 0 Å². The van der Waals surface area contributed by atoms with Crippen LogP contribution in [0.4, 0.5) is 0 Å². The van der Waals surface area contributed by atoms with Gasteiger partial charge in [0.2, 0.25) is 0 Å². The maximum absolute atomic E-state index is 10.0. The van der Waals surface area contributed by atoms with Gasteiger partial charge < -0.3 is 5.11 Å². The summed E-state index contributed by atoms with van der Waals surface area (Å²) in [7, 11) is 2.13. The summed E-state index contributed by atoms with van der Waals surface area (Å²) in [6, 6.07) is 6.45. The van der Waals surface area contributed by atoms with Crippen LogP contribution in [-0.2, 0) is 0 Å². The minimum Gasteiger partial charge on any atom is -0.508 e. The number of phenols is 1. The van der Waals surface area contributed by atoms with Gasteiger partial charge in [0.15, 0.2) is 0 Å². The van der Waals surface area contributed by atoms with Crippen LogP contribution >= 0.6 is 0 Å². The van der Waals surface area contributed by atoms with Crippen LogP contribution in [-0.4, -0.2) is 23.1 Å². The maximum Gasteiger partial charge on any atom is 0.120 e. The Kier molecular flexibility index (Phi) is 4.44. The molecule has 0 aliphatic carbocycles. The molecule has 1 rings (SSSR count). The first-order chi connectivity index (χ1) is 8.14. The lowest BCUT2D eigenvalue weighted by molar-refractivity contribution is 0.103. The van der Waals surface area contributed by atoms with E-state index in [2.05, 4.69) is 59.6 Å². The summed E-state index contributed by atoms with van der Waals surface area (Å²) >= 11 is 0. The van der Waals surface area contributed by atoms with Crippen LogP contribution in [0.5, 0.6) is 5.75 Å². The first-order valence-corrected chi connectivity index (χ1v) is 6.66. The molecule has 2 heteroatoms. The summed E-state index contributed by atoms with van der Waals surface area (Å²) in [4.78, 5) is 2.33. The lowest BCUT2D eigenvalue weighted by Gasteiger charge is -2.39. The Morgan fingerprint density at radius 3 is 2.22 bits per heavy atom. The maximum atomic E-state index is 10.0.